The maximum atomic E-state index is 12.9. The minimum absolute atomic E-state index is 0.0742. The van der Waals surface area contributed by atoms with Crippen molar-refractivity contribution in [2.45, 2.75) is 32.7 Å². The van der Waals surface area contributed by atoms with Gasteiger partial charge < -0.3 is 14.4 Å². The number of likely N-dealkylation sites (tertiary alicyclic amines) is 1. The maximum Gasteiger partial charge on any atom is 0.272 e. The largest absolute Gasteiger partial charge is 0.497 e. The lowest BCUT2D eigenvalue weighted by Gasteiger charge is -2.32. The van der Waals surface area contributed by atoms with Crippen molar-refractivity contribution in [1.82, 2.24) is 14.7 Å². The Bertz CT molecular complexity index is 711. The van der Waals surface area contributed by atoms with Crippen LogP contribution in [0.15, 0.2) is 36.5 Å². The molecule has 6 heteroatoms. The number of carbonyl (C=O) groups excluding carboxylic acids is 1. The van der Waals surface area contributed by atoms with E-state index in [0.29, 0.717) is 18.2 Å². The average molecular weight is 357 g/mol. The molecule has 0 saturated carbocycles. The zero-order chi connectivity index (χ0) is 18.4. The van der Waals surface area contributed by atoms with Crippen LogP contribution >= 0.6 is 0 Å². The summed E-state index contributed by atoms with van der Waals surface area (Å²) in [5.41, 5.74) is 0.684. The Kier molecular flexibility index (Phi) is 6.15. The van der Waals surface area contributed by atoms with Crippen LogP contribution in [-0.4, -0.2) is 47.4 Å². The summed E-state index contributed by atoms with van der Waals surface area (Å²) in [7, 11) is 1.65. The molecule has 2 heterocycles. The molecule has 1 amide bonds. The topological polar surface area (TPSA) is 56.6 Å². The van der Waals surface area contributed by atoms with Gasteiger partial charge in [0.05, 0.1) is 13.7 Å². The number of rotatable bonds is 7. The summed E-state index contributed by atoms with van der Waals surface area (Å²) in [5, 5.41) is 4.27. The highest BCUT2D eigenvalue weighted by molar-refractivity contribution is 5.92. The van der Waals surface area contributed by atoms with E-state index in [2.05, 4.69) is 12.0 Å². The Balaban J connectivity index is 1.56. The molecule has 1 saturated heterocycles. The summed E-state index contributed by atoms with van der Waals surface area (Å²) in [6.07, 6.45) is 4.75. The summed E-state index contributed by atoms with van der Waals surface area (Å²) >= 11 is 0. The van der Waals surface area contributed by atoms with E-state index >= 15 is 0 Å². The number of aromatic nitrogens is 2. The zero-order valence-electron chi connectivity index (χ0n) is 15.6. The molecule has 1 aromatic heterocycles. The van der Waals surface area contributed by atoms with Gasteiger partial charge in [-0.05, 0) is 49.6 Å². The lowest BCUT2D eigenvalue weighted by Crippen LogP contribution is -2.42. The molecule has 3 rings (SSSR count). The minimum atomic E-state index is 0.0742. The van der Waals surface area contributed by atoms with Gasteiger partial charge in [-0.25, -0.2) is 0 Å². The van der Waals surface area contributed by atoms with E-state index in [1.807, 2.05) is 35.2 Å². The van der Waals surface area contributed by atoms with E-state index < -0.39 is 0 Å². The predicted molar refractivity (Wildman–Crippen MR) is 99.6 cm³/mol. The summed E-state index contributed by atoms with van der Waals surface area (Å²) in [6, 6.07) is 9.42. The Morgan fingerprint density at radius 1 is 1.23 bits per heavy atom. The second-order valence-electron chi connectivity index (χ2n) is 6.69. The molecule has 140 valence electrons. The Morgan fingerprint density at radius 3 is 2.73 bits per heavy atom. The lowest BCUT2D eigenvalue weighted by atomic mass is 9.98. The molecule has 0 unspecified atom stereocenters. The van der Waals surface area contributed by atoms with Crippen LogP contribution in [0.1, 0.15) is 36.7 Å². The van der Waals surface area contributed by atoms with Crippen molar-refractivity contribution in [3.8, 4) is 11.5 Å². The van der Waals surface area contributed by atoms with E-state index in [0.717, 1.165) is 50.4 Å². The number of amides is 1. The highest BCUT2D eigenvalue weighted by Crippen LogP contribution is 2.22. The summed E-state index contributed by atoms with van der Waals surface area (Å²) < 4.78 is 12.9. The van der Waals surface area contributed by atoms with E-state index in [4.69, 9.17) is 9.47 Å². The van der Waals surface area contributed by atoms with Crippen molar-refractivity contribution in [3.05, 3.63) is 42.2 Å². The number of carbonyl (C=O) groups is 1. The number of methoxy groups -OCH3 is 1. The van der Waals surface area contributed by atoms with Crippen LogP contribution in [0.3, 0.4) is 0 Å². The molecule has 1 atom stereocenters. The van der Waals surface area contributed by atoms with Gasteiger partial charge >= 0.3 is 0 Å². The molecule has 6 nitrogen and oxygen atoms in total. The van der Waals surface area contributed by atoms with Gasteiger partial charge in [-0.3, -0.25) is 9.48 Å². The Labute approximate surface area is 154 Å². The van der Waals surface area contributed by atoms with Crippen molar-refractivity contribution < 1.29 is 14.3 Å². The maximum absolute atomic E-state index is 12.9. The molecule has 0 spiro atoms. The fourth-order valence-electron chi connectivity index (χ4n) is 3.34. The fourth-order valence-corrected chi connectivity index (χ4v) is 3.34. The van der Waals surface area contributed by atoms with Gasteiger partial charge in [-0.2, -0.15) is 5.10 Å². The van der Waals surface area contributed by atoms with Gasteiger partial charge in [0.15, 0.2) is 0 Å². The van der Waals surface area contributed by atoms with Gasteiger partial charge in [0.2, 0.25) is 0 Å². The molecule has 1 aliphatic rings. The van der Waals surface area contributed by atoms with Crippen molar-refractivity contribution in [2.75, 3.05) is 26.8 Å². The van der Waals surface area contributed by atoms with Gasteiger partial charge in [0, 0.05) is 31.7 Å². The quantitative estimate of drug-likeness (QED) is 0.763. The fraction of sp³-hybridized carbons (Fsp3) is 0.500. The van der Waals surface area contributed by atoms with Crippen LogP contribution in [0.5, 0.6) is 11.5 Å². The smallest absolute Gasteiger partial charge is 0.272 e. The third-order valence-corrected chi connectivity index (χ3v) is 4.72. The molecular formula is C20H27N3O3. The second-order valence-corrected chi connectivity index (χ2v) is 6.69. The standard InChI is InChI=1S/C20H27N3O3/c1-3-12-23-19(10-11-21-23)20(24)22-13-4-5-16(14-22)15-26-18-8-6-17(25-2)7-9-18/h6-11,16H,3-5,12-15H2,1-2H3/t16-/m0/s1. The number of hydrogen-bond donors (Lipinski definition) is 0. The van der Waals surface area contributed by atoms with Crippen LogP contribution in [0.4, 0.5) is 0 Å². The Hall–Kier alpha value is -2.50. The minimum Gasteiger partial charge on any atom is -0.497 e. The van der Waals surface area contributed by atoms with Crippen LogP contribution in [0.25, 0.3) is 0 Å². The van der Waals surface area contributed by atoms with E-state index in [1.165, 1.54) is 0 Å². The summed E-state index contributed by atoms with van der Waals surface area (Å²) in [5.74, 6) is 2.06. The highest BCUT2D eigenvalue weighted by Gasteiger charge is 2.26. The van der Waals surface area contributed by atoms with Gasteiger partial charge in [0.25, 0.3) is 5.91 Å². The molecular weight excluding hydrogens is 330 g/mol. The second kappa shape index (κ2) is 8.74. The van der Waals surface area contributed by atoms with Gasteiger partial charge in [0.1, 0.15) is 17.2 Å². The van der Waals surface area contributed by atoms with E-state index in [9.17, 15) is 4.79 Å². The van der Waals surface area contributed by atoms with Crippen molar-refractivity contribution in [2.24, 2.45) is 5.92 Å². The number of piperidine rings is 1. The zero-order valence-corrected chi connectivity index (χ0v) is 15.6. The van der Waals surface area contributed by atoms with E-state index in [-0.39, 0.29) is 5.91 Å². The highest BCUT2D eigenvalue weighted by atomic mass is 16.5. The van der Waals surface area contributed by atoms with Gasteiger partial charge in [-0.1, -0.05) is 6.92 Å². The molecule has 26 heavy (non-hydrogen) atoms. The number of ether oxygens (including phenoxy) is 2. The number of aryl methyl sites for hydroxylation is 1. The SMILES string of the molecule is CCCn1nccc1C(=O)N1CCC[C@H](COc2ccc(OC)cc2)C1. The van der Waals surface area contributed by atoms with Crippen molar-refractivity contribution in [3.63, 3.8) is 0 Å². The first-order chi connectivity index (χ1) is 12.7. The Morgan fingerprint density at radius 2 is 2.00 bits per heavy atom. The summed E-state index contributed by atoms with van der Waals surface area (Å²) in [6.45, 7) is 5.00. The normalized spacial score (nSPS) is 17.2. The van der Waals surface area contributed by atoms with Crippen molar-refractivity contribution in [1.29, 1.82) is 0 Å². The van der Waals surface area contributed by atoms with Crippen LogP contribution < -0.4 is 9.47 Å². The predicted octanol–water partition coefficient (Wildman–Crippen LogP) is 3.23. The van der Waals surface area contributed by atoms with E-state index in [1.54, 1.807) is 18.0 Å². The summed E-state index contributed by atoms with van der Waals surface area (Å²) in [4.78, 5) is 14.8. The molecule has 1 aliphatic heterocycles. The van der Waals surface area contributed by atoms with Gasteiger partial charge in [-0.15, -0.1) is 0 Å². The molecule has 1 fully saturated rings. The molecule has 0 bridgehead atoms. The molecule has 2 aromatic rings. The first-order valence-corrected chi connectivity index (χ1v) is 9.29. The van der Waals surface area contributed by atoms with Crippen LogP contribution in [0.2, 0.25) is 0 Å². The number of nitrogens with zero attached hydrogens (tertiary/aromatic N) is 3. The van der Waals surface area contributed by atoms with Crippen LogP contribution in [0, 0.1) is 5.92 Å². The van der Waals surface area contributed by atoms with Crippen LogP contribution in [-0.2, 0) is 6.54 Å². The molecule has 0 aliphatic carbocycles. The van der Waals surface area contributed by atoms with Crippen molar-refractivity contribution >= 4 is 5.91 Å². The first-order valence-electron chi connectivity index (χ1n) is 9.29. The third-order valence-electron chi connectivity index (χ3n) is 4.72. The number of benzene rings is 1. The molecule has 0 radical (unpaired) electrons. The monoisotopic (exact) mass is 357 g/mol. The lowest BCUT2D eigenvalue weighted by molar-refractivity contribution is 0.0621. The molecule has 1 aromatic carbocycles. The first kappa shape index (κ1) is 18.3. The third kappa shape index (κ3) is 4.36. The number of hydrogen-bond acceptors (Lipinski definition) is 4. The molecule has 0 N–H and O–H groups in total. The average Bonchev–Trinajstić information content (AvgIpc) is 3.15.